The van der Waals surface area contributed by atoms with Crippen LogP contribution in [-0.2, 0) is 13.2 Å². The van der Waals surface area contributed by atoms with Crippen molar-refractivity contribution in [3.63, 3.8) is 0 Å². The number of primary amides is 1. The number of nitrogens with zero attached hydrogens (tertiary/aromatic N) is 8. The number of hydrogen-bond acceptors (Lipinski definition) is 8. The molecule has 0 saturated heterocycles. The van der Waals surface area contributed by atoms with Gasteiger partial charge in [0.25, 0.3) is 11.8 Å². The topological polar surface area (TPSA) is 182 Å². The van der Waals surface area contributed by atoms with Crippen molar-refractivity contribution in [2.75, 3.05) is 5.32 Å². The van der Waals surface area contributed by atoms with E-state index in [0.29, 0.717) is 6.54 Å². The second-order valence-corrected chi connectivity index (χ2v) is 5.29. The van der Waals surface area contributed by atoms with E-state index in [0.717, 1.165) is 0 Å². The van der Waals surface area contributed by atoms with Crippen LogP contribution in [0.25, 0.3) is 0 Å². The van der Waals surface area contributed by atoms with Crippen molar-refractivity contribution >= 4 is 23.5 Å². The Morgan fingerprint density at radius 1 is 1.26 bits per heavy atom. The second kappa shape index (κ2) is 7.03. The number of aromatic nitrogens is 7. The highest BCUT2D eigenvalue weighted by Crippen LogP contribution is 2.14. The SMILES string of the molecule is CCn1cc(NC(=O)c2ccn(Cn3cnc([N+](=O)[O-])n3)n2)c(C(N)=O)n1. The van der Waals surface area contributed by atoms with E-state index in [1.54, 1.807) is 0 Å². The Kier molecular flexibility index (Phi) is 4.61. The molecule has 3 N–H and O–H groups in total. The van der Waals surface area contributed by atoms with Crippen LogP contribution in [0.1, 0.15) is 27.9 Å². The first-order valence-electron chi connectivity index (χ1n) is 7.63. The number of carbonyl (C=O) groups is 2. The van der Waals surface area contributed by atoms with Crippen molar-refractivity contribution in [1.29, 1.82) is 0 Å². The van der Waals surface area contributed by atoms with E-state index in [-0.39, 0.29) is 23.7 Å². The fourth-order valence-corrected chi connectivity index (χ4v) is 2.19. The van der Waals surface area contributed by atoms with Gasteiger partial charge in [-0.2, -0.15) is 14.9 Å². The van der Waals surface area contributed by atoms with E-state index in [1.165, 1.54) is 38.8 Å². The molecule has 0 fully saturated rings. The summed E-state index contributed by atoms with van der Waals surface area (Å²) in [5, 5.41) is 24.8. The molecule has 0 aliphatic carbocycles. The Bertz CT molecular complexity index is 1020. The zero-order valence-corrected chi connectivity index (χ0v) is 14.0. The molecule has 0 unspecified atom stereocenters. The quantitative estimate of drug-likeness (QED) is 0.408. The highest BCUT2D eigenvalue weighted by molar-refractivity contribution is 6.06. The monoisotopic (exact) mass is 374 g/mol. The van der Waals surface area contributed by atoms with E-state index in [9.17, 15) is 19.7 Å². The minimum Gasteiger partial charge on any atom is -0.390 e. The van der Waals surface area contributed by atoms with Crippen molar-refractivity contribution in [2.24, 2.45) is 5.73 Å². The van der Waals surface area contributed by atoms with E-state index < -0.39 is 22.7 Å². The lowest BCUT2D eigenvalue weighted by atomic mass is 10.3. The minimum atomic E-state index is -0.768. The summed E-state index contributed by atoms with van der Waals surface area (Å²) in [5.41, 5.74) is 5.44. The first kappa shape index (κ1) is 17.7. The number of nitrogens with two attached hydrogens (primary N) is 1. The van der Waals surface area contributed by atoms with Crippen molar-refractivity contribution in [3.8, 4) is 0 Å². The number of aryl methyl sites for hydroxylation is 1. The molecule has 0 aliphatic rings. The normalized spacial score (nSPS) is 10.7. The Hall–Kier alpha value is -4.10. The average Bonchev–Trinajstić information content (AvgIpc) is 3.34. The fourth-order valence-electron chi connectivity index (χ4n) is 2.19. The third-order valence-electron chi connectivity index (χ3n) is 3.42. The van der Waals surface area contributed by atoms with Crippen LogP contribution >= 0.6 is 0 Å². The lowest BCUT2D eigenvalue weighted by Gasteiger charge is -2.01. The molecule has 0 aliphatic heterocycles. The molecule has 14 heteroatoms. The molecule has 3 aromatic heterocycles. The molecular formula is C13H14N10O4. The van der Waals surface area contributed by atoms with Gasteiger partial charge in [-0.1, -0.05) is 4.98 Å². The van der Waals surface area contributed by atoms with Crippen LogP contribution in [0.15, 0.2) is 24.8 Å². The van der Waals surface area contributed by atoms with Crippen molar-refractivity contribution in [1.82, 2.24) is 34.3 Å². The molecule has 3 heterocycles. The van der Waals surface area contributed by atoms with Crippen LogP contribution in [0.5, 0.6) is 0 Å². The standard InChI is InChI=1S/C13H14N10O4/c1-2-20-5-9(10(18-20)11(14)24)16-12(25)8-3-4-21(17-8)7-22-6-15-13(19-22)23(26)27/h3-6H,2,7H2,1H3,(H2,14,24)(H,16,25). The number of carbonyl (C=O) groups excluding carboxylic acids is 2. The summed E-state index contributed by atoms with van der Waals surface area (Å²) in [6.45, 7) is 2.34. The van der Waals surface area contributed by atoms with Gasteiger partial charge < -0.3 is 21.2 Å². The molecule has 3 rings (SSSR count). The van der Waals surface area contributed by atoms with E-state index in [2.05, 4.69) is 25.6 Å². The summed E-state index contributed by atoms with van der Waals surface area (Å²) in [6, 6.07) is 1.44. The fraction of sp³-hybridized carbons (Fsp3) is 0.231. The molecule has 0 spiro atoms. The van der Waals surface area contributed by atoms with Gasteiger partial charge in [-0.25, -0.2) is 4.68 Å². The van der Waals surface area contributed by atoms with Crippen LogP contribution < -0.4 is 11.1 Å². The van der Waals surface area contributed by atoms with Gasteiger partial charge in [-0.05, 0) is 17.9 Å². The number of nitro groups is 1. The smallest absolute Gasteiger partial charge is 0.390 e. The van der Waals surface area contributed by atoms with Gasteiger partial charge in [-0.3, -0.25) is 14.3 Å². The Morgan fingerprint density at radius 2 is 2.04 bits per heavy atom. The van der Waals surface area contributed by atoms with Crippen molar-refractivity contribution in [2.45, 2.75) is 20.1 Å². The molecule has 0 atom stereocenters. The third kappa shape index (κ3) is 3.78. The first-order chi connectivity index (χ1) is 12.9. The summed E-state index contributed by atoms with van der Waals surface area (Å²) >= 11 is 0. The summed E-state index contributed by atoms with van der Waals surface area (Å²) in [6.07, 6.45) is 4.16. The third-order valence-corrected chi connectivity index (χ3v) is 3.42. The summed E-state index contributed by atoms with van der Waals surface area (Å²) in [5.74, 6) is -1.88. The molecular weight excluding hydrogens is 360 g/mol. The van der Waals surface area contributed by atoms with Crippen LogP contribution in [0.3, 0.4) is 0 Å². The molecule has 2 amide bonds. The van der Waals surface area contributed by atoms with Gasteiger partial charge in [0.1, 0.15) is 0 Å². The van der Waals surface area contributed by atoms with Crippen LogP contribution in [0.2, 0.25) is 0 Å². The Morgan fingerprint density at radius 3 is 2.67 bits per heavy atom. The zero-order valence-electron chi connectivity index (χ0n) is 14.0. The highest BCUT2D eigenvalue weighted by atomic mass is 16.6. The van der Waals surface area contributed by atoms with Gasteiger partial charge in [0.15, 0.2) is 18.1 Å². The summed E-state index contributed by atoms with van der Waals surface area (Å²) in [7, 11) is 0. The van der Waals surface area contributed by atoms with Gasteiger partial charge in [0, 0.05) is 24.0 Å². The average molecular weight is 374 g/mol. The number of rotatable bonds is 7. The van der Waals surface area contributed by atoms with Crippen molar-refractivity contribution in [3.05, 3.63) is 46.3 Å². The number of anilines is 1. The zero-order chi connectivity index (χ0) is 19.6. The summed E-state index contributed by atoms with van der Waals surface area (Å²) < 4.78 is 4.01. The minimum absolute atomic E-state index is 0.0222. The highest BCUT2D eigenvalue weighted by Gasteiger charge is 2.19. The van der Waals surface area contributed by atoms with E-state index >= 15 is 0 Å². The Labute approximate surface area is 150 Å². The molecule has 0 bridgehead atoms. The lowest BCUT2D eigenvalue weighted by molar-refractivity contribution is -0.394. The van der Waals surface area contributed by atoms with Gasteiger partial charge >= 0.3 is 5.95 Å². The molecule has 0 saturated carbocycles. The predicted octanol–water partition coefficient (Wildman–Crippen LogP) is -0.544. The van der Waals surface area contributed by atoms with Gasteiger partial charge in [0.2, 0.25) is 6.33 Å². The van der Waals surface area contributed by atoms with Gasteiger partial charge in [-0.15, -0.1) is 0 Å². The van der Waals surface area contributed by atoms with E-state index in [4.69, 9.17) is 5.73 Å². The maximum atomic E-state index is 12.3. The lowest BCUT2D eigenvalue weighted by Crippen LogP contribution is -2.18. The van der Waals surface area contributed by atoms with Crippen LogP contribution in [0.4, 0.5) is 11.6 Å². The maximum absolute atomic E-state index is 12.3. The van der Waals surface area contributed by atoms with Crippen molar-refractivity contribution < 1.29 is 14.5 Å². The number of hydrogen-bond donors (Lipinski definition) is 2. The van der Waals surface area contributed by atoms with E-state index in [1.807, 2.05) is 6.92 Å². The maximum Gasteiger partial charge on any atom is 0.491 e. The molecule has 0 radical (unpaired) electrons. The molecule has 140 valence electrons. The number of amides is 2. The molecule has 27 heavy (non-hydrogen) atoms. The second-order valence-electron chi connectivity index (χ2n) is 5.29. The molecule has 14 nitrogen and oxygen atoms in total. The van der Waals surface area contributed by atoms with Crippen LogP contribution in [-0.4, -0.2) is 51.1 Å². The van der Waals surface area contributed by atoms with Gasteiger partial charge in [0.05, 0.1) is 5.69 Å². The molecule has 3 aromatic rings. The Balaban J connectivity index is 1.72. The summed E-state index contributed by atoms with van der Waals surface area (Å²) in [4.78, 5) is 37.2. The first-order valence-corrected chi connectivity index (χ1v) is 7.63. The largest absolute Gasteiger partial charge is 0.491 e. The number of nitrogens with one attached hydrogen (secondary N) is 1. The van der Waals surface area contributed by atoms with Crippen LogP contribution in [0, 0.1) is 10.1 Å². The predicted molar refractivity (Wildman–Crippen MR) is 88.7 cm³/mol. The molecule has 0 aromatic carbocycles.